The molecule has 1 aromatic heterocycles. The smallest absolute Gasteiger partial charge is 0.276 e. The van der Waals surface area contributed by atoms with Crippen LogP contribution in [0.15, 0.2) is 9.64 Å². The first-order valence-electron chi connectivity index (χ1n) is 3.95. The molecule has 5 heteroatoms. The molecular weight excluding hydrogens is 186 g/mol. The second-order valence-electron chi connectivity index (χ2n) is 2.32. The van der Waals surface area contributed by atoms with Gasteiger partial charge in [0.2, 0.25) is 5.89 Å². The van der Waals surface area contributed by atoms with Crippen molar-refractivity contribution >= 4 is 11.8 Å². The Labute approximate surface area is 81.3 Å². The van der Waals surface area contributed by atoms with E-state index in [1.165, 1.54) is 11.8 Å². The van der Waals surface area contributed by atoms with E-state index in [1.807, 2.05) is 0 Å². The second-order valence-corrected chi connectivity index (χ2v) is 3.37. The average molecular weight is 197 g/mol. The van der Waals surface area contributed by atoms with Gasteiger partial charge in [0.1, 0.15) is 0 Å². The van der Waals surface area contributed by atoms with E-state index >= 15 is 0 Å². The van der Waals surface area contributed by atoms with Gasteiger partial charge in [-0.2, -0.15) is 0 Å². The summed E-state index contributed by atoms with van der Waals surface area (Å²) in [6, 6.07) is 0. The first-order chi connectivity index (χ1) is 6.36. The lowest BCUT2D eigenvalue weighted by molar-refractivity contribution is 0.415. The van der Waals surface area contributed by atoms with Crippen LogP contribution in [-0.2, 0) is 6.54 Å². The molecule has 0 aliphatic rings. The Balaban J connectivity index is 2.25. The third-order valence-electron chi connectivity index (χ3n) is 1.31. The molecule has 0 aliphatic heterocycles. The number of nitrogens with zero attached hydrogens (tertiary/aromatic N) is 2. The molecule has 0 spiro atoms. The van der Waals surface area contributed by atoms with E-state index in [-0.39, 0.29) is 6.54 Å². The summed E-state index contributed by atoms with van der Waals surface area (Å²) in [6.45, 7) is 0.290. The molecule has 4 nitrogen and oxygen atoms in total. The fourth-order valence-corrected chi connectivity index (χ4v) is 1.43. The van der Waals surface area contributed by atoms with E-state index in [4.69, 9.17) is 16.6 Å². The largest absolute Gasteiger partial charge is 0.415 e. The van der Waals surface area contributed by atoms with Crippen LogP contribution >= 0.6 is 11.8 Å². The molecule has 0 saturated heterocycles. The molecular formula is C8H11N3OS. The van der Waals surface area contributed by atoms with Crippen molar-refractivity contribution in [3.63, 3.8) is 0 Å². The fourth-order valence-electron chi connectivity index (χ4n) is 0.713. The predicted octanol–water partition coefficient (Wildman–Crippen LogP) is 1.03. The Bertz CT molecular complexity index is 292. The summed E-state index contributed by atoms with van der Waals surface area (Å²) < 4.78 is 5.18. The number of unbranched alkanes of at least 4 members (excludes halogenated alkanes) is 1. The Morgan fingerprint density at radius 1 is 1.54 bits per heavy atom. The lowest BCUT2D eigenvalue weighted by atomic mass is 10.4. The molecule has 0 unspecified atom stereocenters. The van der Waals surface area contributed by atoms with Crippen molar-refractivity contribution < 1.29 is 4.42 Å². The van der Waals surface area contributed by atoms with E-state index in [0.29, 0.717) is 11.1 Å². The van der Waals surface area contributed by atoms with Gasteiger partial charge in [-0.05, 0) is 6.42 Å². The third-order valence-corrected chi connectivity index (χ3v) is 2.22. The van der Waals surface area contributed by atoms with Crippen molar-refractivity contribution in [2.24, 2.45) is 5.73 Å². The van der Waals surface area contributed by atoms with Gasteiger partial charge in [-0.15, -0.1) is 22.5 Å². The first-order valence-corrected chi connectivity index (χ1v) is 4.94. The number of hydrogen-bond donors (Lipinski definition) is 1. The monoisotopic (exact) mass is 197 g/mol. The van der Waals surface area contributed by atoms with Crippen LogP contribution in [0.1, 0.15) is 18.7 Å². The summed E-state index contributed by atoms with van der Waals surface area (Å²) in [6.07, 6.45) is 6.85. The fraction of sp³-hybridized carbons (Fsp3) is 0.500. The molecule has 1 rings (SSSR count). The van der Waals surface area contributed by atoms with Gasteiger partial charge in [0, 0.05) is 12.2 Å². The average Bonchev–Trinajstić information content (AvgIpc) is 2.60. The van der Waals surface area contributed by atoms with Gasteiger partial charge in [-0.25, -0.2) is 0 Å². The molecule has 1 aromatic rings. The molecule has 2 N–H and O–H groups in total. The Morgan fingerprint density at radius 3 is 3.00 bits per heavy atom. The minimum Gasteiger partial charge on any atom is -0.415 e. The van der Waals surface area contributed by atoms with Crippen LogP contribution in [0.3, 0.4) is 0 Å². The topological polar surface area (TPSA) is 64.9 Å². The highest BCUT2D eigenvalue weighted by Crippen LogP contribution is 2.16. The Hall–Kier alpha value is -0.990. The minimum atomic E-state index is 0.290. The van der Waals surface area contributed by atoms with Crippen LogP contribution in [0.2, 0.25) is 0 Å². The lowest BCUT2D eigenvalue weighted by Gasteiger charge is -1.91. The van der Waals surface area contributed by atoms with Crippen molar-refractivity contribution in [1.29, 1.82) is 0 Å². The minimum absolute atomic E-state index is 0.290. The van der Waals surface area contributed by atoms with Crippen molar-refractivity contribution in [2.45, 2.75) is 24.6 Å². The predicted molar refractivity (Wildman–Crippen MR) is 51.0 cm³/mol. The number of rotatable bonds is 5. The van der Waals surface area contributed by atoms with E-state index in [0.717, 1.165) is 18.6 Å². The molecule has 0 bridgehead atoms. The molecule has 0 atom stereocenters. The van der Waals surface area contributed by atoms with Crippen molar-refractivity contribution in [1.82, 2.24) is 10.2 Å². The molecule has 0 amide bonds. The van der Waals surface area contributed by atoms with Gasteiger partial charge in [0.05, 0.1) is 6.54 Å². The molecule has 70 valence electrons. The molecule has 0 aromatic carbocycles. The summed E-state index contributed by atoms with van der Waals surface area (Å²) in [4.78, 5) is 0. The normalized spacial score (nSPS) is 9.85. The van der Waals surface area contributed by atoms with Gasteiger partial charge < -0.3 is 10.2 Å². The summed E-state index contributed by atoms with van der Waals surface area (Å²) in [5.41, 5.74) is 5.31. The number of nitrogens with two attached hydrogens (primary N) is 1. The van der Waals surface area contributed by atoms with Crippen LogP contribution in [0, 0.1) is 12.3 Å². The van der Waals surface area contributed by atoms with E-state index in [1.54, 1.807) is 0 Å². The second kappa shape index (κ2) is 5.62. The molecule has 0 radical (unpaired) electrons. The zero-order valence-corrected chi connectivity index (χ0v) is 8.01. The maximum absolute atomic E-state index is 5.31. The highest BCUT2D eigenvalue weighted by atomic mass is 32.2. The number of hydrogen-bond acceptors (Lipinski definition) is 5. The van der Waals surface area contributed by atoms with Gasteiger partial charge in [-0.1, -0.05) is 11.8 Å². The summed E-state index contributed by atoms with van der Waals surface area (Å²) in [5.74, 6) is 3.94. The standard InChI is InChI=1S/C8H11N3OS/c1-2-3-4-5-13-8-11-10-7(6-9)12-8/h1H,3-6,9H2. The zero-order valence-electron chi connectivity index (χ0n) is 7.19. The molecule has 1 heterocycles. The van der Waals surface area contributed by atoms with Gasteiger partial charge in [0.15, 0.2) is 0 Å². The van der Waals surface area contributed by atoms with Gasteiger partial charge in [0.25, 0.3) is 5.22 Å². The van der Waals surface area contributed by atoms with Crippen molar-refractivity contribution in [3.8, 4) is 12.3 Å². The highest BCUT2D eigenvalue weighted by molar-refractivity contribution is 7.99. The van der Waals surface area contributed by atoms with E-state index in [2.05, 4.69) is 16.1 Å². The Kier molecular flexibility index (Phi) is 4.36. The number of aromatic nitrogens is 2. The Morgan fingerprint density at radius 2 is 2.38 bits per heavy atom. The lowest BCUT2D eigenvalue weighted by Crippen LogP contribution is -1.95. The van der Waals surface area contributed by atoms with Crippen LogP contribution in [0.5, 0.6) is 0 Å². The molecule has 0 aliphatic carbocycles. The van der Waals surface area contributed by atoms with Crippen LogP contribution in [0.25, 0.3) is 0 Å². The van der Waals surface area contributed by atoms with E-state index < -0.39 is 0 Å². The number of terminal acetylenes is 1. The molecule has 0 fully saturated rings. The van der Waals surface area contributed by atoms with Crippen molar-refractivity contribution in [3.05, 3.63) is 5.89 Å². The van der Waals surface area contributed by atoms with Crippen LogP contribution in [-0.4, -0.2) is 16.0 Å². The quantitative estimate of drug-likeness (QED) is 0.434. The van der Waals surface area contributed by atoms with E-state index in [9.17, 15) is 0 Å². The molecule has 13 heavy (non-hydrogen) atoms. The SMILES string of the molecule is C#CCCCSc1nnc(CN)o1. The number of thioether (sulfide) groups is 1. The van der Waals surface area contributed by atoms with Crippen LogP contribution in [0.4, 0.5) is 0 Å². The van der Waals surface area contributed by atoms with Gasteiger partial charge >= 0.3 is 0 Å². The molecule has 0 saturated carbocycles. The van der Waals surface area contributed by atoms with Crippen LogP contribution < -0.4 is 5.73 Å². The van der Waals surface area contributed by atoms with Crippen molar-refractivity contribution in [2.75, 3.05) is 5.75 Å². The van der Waals surface area contributed by atoms with Gasteiger partial charge in [-0.3, -0.25) is 0 Å². The summed E-state index contributed by atoms with van der Waals surface area (Å²) >= 11 is 1.51. The first kappa shape index (κ1) is 10.1. The third kappa shape index (κ3) is 3.49. The maximum Gasteiger partial charge on any atom is 0.276 e. The summed E-state index contributed by atoms with van der Waals surface area (Å²) in [7, 11) is 0. The highest BCUT2D eigenvalue weighted by Gasteiger charge is 2.03. The zero-order chi connectivity index (χ0) is 9.52. The maximum atomic E-state index is 5.31. The summed E-state index contributed by atoms with van der Waals surface area (Å²) in [5, 5.41) is 8.10.